The van der Waals surface area contributed by atoms with Crippen molar-refractivity contribution in [2.24, 2.45) is 0 Å². The average Bonchev–Trinajstić information content (AvgIpc) is 2.56. The maximum absolute atomic E-state index is 9.46. The van der Waals surface area contributed by atoms with Crippen LogP contribution in [0.1, 0.15) is 0 Å². The average molecular weight is 277 g/mol. The molecule has 102 valence electrons. The van der Waals surface area contributed by atoms with E-state index in [9.17, 15) is 10.0 Å². The minimum absolute atomic E-state index is 0.378. The van der Waals surface area contributed by atoms with Gasteiger partial charge >= 0.3 is 7.12 Å². The van der Waals surface area contributed by atoms with Gasteiger partial charge < -0.3 is 10.0 Å². The molecule has 3 rings (SSSR count). The van der Waals surface area contributed by atoms with E-state index in [1.54, 1.807) is 36.9 Å². The standard InChI is InChI=1S/C15H12BN3O2/c20-16(21)13-7-14(11-3-1-5-17-9-11)19-15(8-13)12-4-2-6-18-10-12/h1-10,20-21H. The third-order valence-corrected chi connectivity index (χ3v) is 3.06. The Morgan fingerprint density at radius 1 is 0.810 bits per heavy atom. The van der Waals surface area contributed by atoms with Gasteiger partial charge in [-0.25, -0.2) is 4.98 Å². The number of aromatic nitrogens is 3. The summed E-state index contributed by atoms with van der Waals surface area (Å²) in [5.41, 5.74) is 3.26. The van der Waals surface area contributed by atoms with Gasteiger partial charge in [-0.1, -0.05) is 0 Å². The van der Waals surface area contributed by atoms with Gasteiger partial charge in [-0.05, 0) is 41.9 Å². The Kier molecular flexibility index (Phi) is 3.72. The Labute approximate surface area is 122 Å². The minimum atomic E-state index is -1.56. The van der Waals surface area contributed by atoms with Gasteiger partial charge in [0.15, 0.2) is 0 Å². The smallest absolute Gasteiger partial charge is 0.423 e. The molecule has 0 aliphatic rings. The van der Waals surface area contributed by atoms with Crippen LogP contribution in [0.25, 0.3) is 22.5 Å². The molecule has 0 spiro atoms. The molecule has 2 N–H and O–H groups in total. The maximum atomic E-state index is 9.46. The number of hydrogen-bond donors (Lipinski definition) is 2. The largest absolute Gasteiger partial charge is 0.488 e. The van der Waals surface area contributed by atoms with Crippen LogP contribution in [-0.2, 0) is 0 Å². The van der Waals surface area contributed by atoms with Crippen LogP contribution in [0.3, 0.4) is 0 Å². The van der Waals surface area contributed by atoms with Gasteiger partial charge in [0.25, 0.3) is 0 Å². The zero-order chi connectivity index (χ0) is 14.7. The summed E-state index contributed by atoms with van der Waals surface area (Å²) >= 11 is 0. The van der Waals surface area contributed by atoms with Crippen molar-refractivity contribution in [3.8, 4) is 22.5 Å². The maximum Gasteiger partial charge on any atom is 0.488 e. The molecule has 3 heterocycles. The van der Waals surface area contributed by atoms with Crippen molar-refractivity contribution in [1.29, 1.82) is 0 Å². The Bertz CT molecular complexity index is 679. The normalized spacial score (nSPS) is 10.4. The van der Waals surface area contributed by atoms with Crippen LogP contribution < -0.4 is 5.46 Å². The predicted octanol–water partition coefficient (Wildman–Crippen LogP) is 0.885. The lowest BCUT2D eigenvalue weighted by Crippen LogP contribution is -2.30. The first-order chi connectivity index (χ1) is 10.2. The van der Waals surface area contributed by atoms with Gasteiger partial charge in [-0.15, -0.1) is 0 Å². The van der Waals surface area contributed by atoms with Crippen molar-refractivity contribution < 1.29 is 10.0 Å². The van der Waals surface area contributed by atoms with Gasteiger partial charge in [-0.2, -0.15) is 0 Å². The van der Waals surface area contributed by atoms with E-state index in [1.165, 1.54) is 0 Å². The molecular formula is C15H12BN3O2. The van der Waals surface area contributed by atoms with Crippen LogP contribution in [0, 0.1) is 0 Å². The van der Waals surface area contributed by atoms with Crippen molar-refractivity contribution in [3.63, 3.8) is 0 Å². The molecule has 0 amide bonds. The summed E-state index contributed by atoms with van der Waals surface area (Å²) in [4.78, 5) is 12.7. The summed E-state index contributed by atoms with van der Waals surface area (Å²) in [6.07, 6.45) is 6.72. The van der Waals surface area contributed by atoms with Crippen LogP contribution in [0.2, 0.25) is 0 Å². The summed E-state index contributed by atoms with van der Waals surface area (Å²) in [6, 6.07) is 10.6. The number of nitrogens with zero attached hydrogens (tertiary/aromatic N) is 3. The van der Waals surface area contributed by atoms with Gasteiger partial charge in [-0.3, -0.25) is 9.97 Å². The predicted molar refractivity (Wildman–Crippen MR) is 80.5 cm³/mol. The molecule has 0 aromatic carbocycles. The Morgan fingerprint density at radius 3 is 1.71 bits per heavy atom. The Balaban J connectivity index is 2.16. The highest BCUT2D eigenvalue weighted by Crippen LogP contribution is 2.20. The lowest BCUT2D eigenvalue weighted by Gasteiger charge is -2.08. The second kappa shape index (κ2) is 5.82. The molecule has 0 radical (unpaired) electrons. The van der Waals surface area contributed by atoms with Gasteiger partial charge in [0, 0.05) is 35.9 Å². The molecule has 5 nitrogen and oxygen atoms in total. The van der Waals surface area contributed by atoms with E-state index in [0.717, 1.165) is 11.1 Å². The summed E-state index contributed by atoms with van der Waals surface area (Å²) in [5, 5.41) is 18.9. The lowest BCUT2D eigenvalue weighted by molar-refractivity contribution is 0.426. The highest BCUT2D eigenvalue weighted by atomic mass is 16.4. The summed E-state index contributed by atoms with van der Waals surface area (Å²) in [5.74, 6) is 0. The van der Waals surface area contributed by atoms with Crippen LogP contribution in [0.15, 0.2) is 61.2 Å². The highest BCUT2D eigenvalue weighted by molar-refractivity contribution is 6.58. The molecule has 0 fully saturated rings. The van der Waals surface area contributed by atoms with Crippen LogP contribution in [0.4, 0.5) is 0 Å². The SMILES string of the molecule is OB(O)c1cc(-c2cccnc2)nc(-c2cccnc2)c1. The van der Waals surface area contributed by atoms with E-state index in [4.69, 9.17) is 0 Å². The topological polar surface area (TPSA) is 79.1 Å². The van der Waals surface area contributed by atoms with Gasteiger partial charge in [0.1, 0.15) is 0 Å². The third kappa shape index (κ3) is 2.96. The van der Waals surface area contributed by atoms with Crippen LogP contribution in [0.5, 0.6) is 0 Å². The van der Waals surface area contributed by atoms with E-state index in [0.29, 0.717) is 16.9 Å². The summed E-state index contributed by atoms with van der Waals surface area (Å²) in [6.45, 7) is 0. The van der Waals surface area contributed by atoms with Crippen LogP contribution >= 0.6 is 0 Å². The zero-order valence-corrected chi connectivity index (χ0v) is 11.1. The van der Waals surface area contributed by atoms with Crippen molar-refractivity contribution in [1.82, 2.24) is 15.0 Å². The quantitative estimate of drug-likeness (QED) is 0.695. The molecule has 3 aromatic rings. The van der Waals surface area contributed by atoms with E-state index in [1.807, 2.05) is 24.3 Å². The monoisotopic (exact) mass is 277 g/mol. The summed E-state index contributed by atoms with van der Waals surface area (Å²) in [7, 11) is -1.56. The number of pyridine rings is 3. The second-order valence-corrected chi connectivity index (χ2v) is 4.53. The molecule has 0 saturated heterocycles. The summed E-state index contributed by atoms with van der Waals surface area (Å²) < 4.78 is 0. The fourth-order valence-electron chi connectivity index (χ4n) is 2.03. The molecule has 6 heteroatoms. The molecule has 0 unspecified atom stereocenters. The Hall–Kier alpha value is -2.57. The van der Waals surface area contributed by atoms with Gasteiger partial charge in [0.2, 0.25) is 0 Å². The third-order valence-electron chi connectivity index (χ3n) is 3.06. The molecule has 0 bridgehead atoms. The minimum Gasteiger partial charge on any atom is -0.423 e. The number of hydrogen-bond acceptors (Lipinski definition) is 5. The highest BCUT2D eigenvalue weighted by Gasteiger charge is 2.15. The molecule has 0 saturated carbocycles. The van der Waals surface area contributed by atoms with Crippen molar-refractivity contribution in [2.45, 2.75) is 0 Å². The first-order valence-electron chi connectivity index (χ1n) is 6.43. The molecule has 21 heavy (non-hydrogen) atoms. The van der Waals surface area contributed by atoms with E-state index in [2.05, 4.69) is 15.0 Å². The zero-order valence-electron chi connectivity index (χ0n) is 11.1. The van der Waals surface area contributed by atoms with E-state index < -0.39 is 7.12 Å². The van der Waals surface area contributed by atoms with E-state index >= 15 is 0 Å². The Morgan fingerprint density at radius 2 is 1.33 bits per heavy atom. The molecule has 3 aromatic heterocycles. The van der Waals surface area contributed by atoms with Crippen molar-refractivity contribution in [3.05, 3.63) is 61.2 Å². The molecule has 0 aliphatic carbocycles. The van der Waals surface area contributed by atoms with E-state index in [-0.39, 0.29) is 0 Å². The first kappa shape index (κ1) is 13.4. The van der Waals surface area contributed by atoms with Crippen LogP contribution in [-0.4, -0.2) is 32.1 Å². The van der Waals surface area contributed by atoms with Crippen molar-refractivity contribution >= 4 is 12.6 Å². The van der Waals surface area contributed by atoms with Gasteiger partial charge in [0.05, 0.1) is 11.4 Å². The fraction of sp³-hybridized carbons (Fsp3) is 0. The van der Waals surface area contributed by atoms with Crippen molar-refractivity contribution in [2.75, 3.05) is 0 Å². The number of rotatable bonds is 3. The second-order valence-electron chi connectivity index (χ2n) is 4.53. The molecule has 0 aliphatic heterocycles. The fourth-order valence-corrected chi connectivity index (χ4v) is 2.03. The molecular weight excluding hydrogens is 265 g/mol. The first-order valence-corrected chi connectivity index (χ1v) is 6.43. The molecule has 0 atom stereocenters. The lowest BCUT2D eigenvalue weighted by atomic mass is 9.79.